The zero-order valence-electron chi connectivity index (χ0n) is 12.7. The van der Waals surface area contributed by atoms with Gasteiger partial charge in [-0.1, -0.05) is 0 Å². The molecule has 1 aromatic carbocycles. The van der Waals surface area contributed by atoms with Gasteiger partial charge in [-0.25, -0.2) is 8.78 Å². The first-order chi connectivity index (χ1) is 10.5. The van der Waals surface area contributed by atoms with Crippen LogP contribution in [0.15, 0.2) is 18.2 Å². The minimum atomic E-state index is -0.764. The highest BCUT2D eigenvalue weighted by Gasteiger charge is 2.24. The maximum Gasteiger partial charge on any atom is 0.224 e. The lowest BCUT2D eigenvalue weighted by molar-refractivity contribution is -0.117. The Morgan fingerprint density at radius 3 is 2.68 bits per heavy atom. The highest BCUT2D eigenvalue weighted by molar-refractivity contribution is 5.90. The Hall–Kier alpha value is -1.53. The molecule has 2 N–H and O–H groups in total. The van der Waals surface area contributed by atoms with Gasteiger partial charge in [0.05, 0.1) is 12.3 Å². The molecule has 0 bridgehead atoms. The van der Waals surface area contributed by atoms with Crippen LogP contribution in [0.2, 0.25) is 0 Å². The second kappa shape index (κ2) is 7.65. The van der Waals surface area contributed by atoms with Crippen LogP contribution in [0.3, 0.4) is 0 Å². The molecule has 1 aromatic rings. The van der Waals surface area contributed by atoms with Gasteiger partial charge in [0.2, 0.25) is 5.91 Å². The number of amides is 1. The quantitative estimate of drug-likeness (QED) is 0.878. The molecule has 1 amide bonds. The van der Waals surface area contributed by atoms with E-state index in [1.165, 1.54) is 6.07 Å². The van der Waals surface area contributed by atoms with Crippen molar-refractivity contribution in [3.8, 4) is 0 Å². The molecule has 6 heteroatoms. The molecule has 0 spiro atoms. The maximum absolute atomic E-state index is 13.5. The number of hydrogen-bond acceptors (Lipinski definition) is 3. The molecule has 1 aliphatic rings. The van der Waals surface area contributed by atoms with Crippen LogP contribution in [-0.4, -0.2) is 41.7 Å². The Morgan fingerprint density at radius 2 is 2.09 bits per heavy atom. The van der Waals surface area contributed by atoms with E-state index >= 15 is 0 Å². The summed E-state index contributed by atoms with van der Waals surface area (Å²) >= 11 is 0. The number of nitrogens with zero attached hydrogens (tertiary/aromatic N) is 1. The smallest absolute Gasteiger partial charge is 0.224 e. The van der Waals surface area contributed by atoms with E-state index < -0.39 is 11.6 Å². The number of aliphatic hydroxyl groups excluding tert-OH is 1. The van der Waals surface area contributed by atoms with Gasteiger partial charge in [0.25, 0.3) is 0 Å². The van der Waals surface area contributed by atoms with E-state index in [2.05, 4.69) is 10.2 Å². The van der Waals surface area contributed by atoms with Gasteiger partial charge in [0.15, 0.2) is 0 Å². The fourth-order valence-electron chi connectivity index (χ4n) is 2.77. The Labute approximate surface area is 129 Å². The molecule has 122 valence electrons. The van der Waals surface area contributed by atoms with Crippen molar-refractivity contribution in [1.29, 1.82) is 0 Å². The fourth-order valence-corrected chi connectivity index (χ4v) is 2.77. The molecule has 0 unspecified atom stereocenters. The summed E-state index contributed by atoms with van der Waals surface area (Å²) in [5.41, 5.74) is 0.0118. The van der Waals surface area contributed by atoms with Gasteiger partial charge in [-0.2, -0.15) is 0 Å². The average Bonchev–Trinajstić information content (AvgIpc) is 2.50. The van der Waals surface area contributed by atoms with Gasteiger partial charge >= 0.3 is 0 Å². The van der Waals surface area contributed by atoms with Crippen molar-refractivity contribution in [2.24, 2.45) is 5.92 Å². The molecule has 1 aliphatic heterocycles. The number of piperidine rings is 1. The summed E-state index contributed by atoms with van der Waals surface area (Å²) in [6, 6.07) is 3.24. The predicted molar refractivity (Wildman–Crippen MR) is 80.4 cm³/mol. The topological polar surface area (TPSA) is 52.6 Å². The first-order valence-electron chi connectivity index (χ1n) is 7.59. The molecule has 4 nitrogen and oxygen atoms in total. The molecule has 1 saturated heterocycles. The summed E-state index contributed by atoms with van der Waals surface area (Å²) in [4.78, 5) is 14.2. The molecule has 22 heavy (non-hydrogen) atoms. The molecule has 0 aliphatic carbocycles. The normalized spacial score (nSPS) is 18.2. The Kier molecular flexibility index (Phi) is 5.85. The summed E-state index contributed by atoms with van der Waals surface area (Å²) in [5.74, 6) is -1.43. The standard InChI is InChI=1S/C16H22F2N2O2/c1-11(10-21)20-6-4-12(5-7-20)8-16(22)19-15-3-2-13(17)9-14(15)18/h2-3,9,11-12,21H,4-8,10H2,1H3,(H,19,22)/t11-/m1/s1. The molecule has 2 rings (SSSR count). The van der Waals surface area contributed by atoms with Crippen LogP contribution in [-0.2, 0) is 4.79 Å². The van der Waals surface area contributed by atoms with Crippen molar-refractivity contribution in [1.82, 2.24) is 4.90 Å². The second-order valence-corrected chi connectivity index (χ2v) is 5.89. The predicted octanol–water partition coefficient (Wildman–Crippen LogP) is 2.39. The zero-order valence-corrected chi connectivity index (χ0v) is 12.7. The largest absolute Gasteiger partial charge is 0.395 e. The molecular weight excluding hydrogens is 290 g/mol. The Balaban J connectivity index is 1.81. The molecule has 1 heterocycles. The van der Waals surface area contributed by atoms with Crippen LogP contribution < -0.4 is 5.32 Å². The first-order valence-corrected chi connectivity index (χ1v) is 7.59. The van der Waals surface area contributed by atoms with Crippen LogP contribution in [0.4, 0.5) is 14.5 Å². The Morgan fingerprint density at radius 1 is 1.41 bits per heavy atom. The molecule has 1 fully saturated rings. The SMILES string of the molecule is C[C@H](CO)N1CCC(CC(=O)Nc2ccc(F)cc2F)CC1. The molecule has 0 radical (unpaired) electrons. The minimum absolute atomic E-state index is 0.0118. The van der Waals surface area contributed by atoms with Gasteiger partial charge in [-0.15, -0.1) is 0 Å². The third-order valence-electron chi connectivity index (χ3n) is 4.22. The third-order valence-corrected chi connectivity index (χ3v) is 4.22. The van der Waals surface area contributed by atoms with Gasteiger partial charge in [0.1, 0.15) is 11.6 Å². The fraction of sp³-hybridized carbons (Fsp3) is 0.562. The zero-order chi connectivity index (χ0) is 16.1. The lowest BCUT2D eigenvalue weighted by Gasteiger charge is -2.35. The molecule has 0 aromatic heterocycles. The van der Waals surface area contributed by atoms with E-state index in [0.29, 0.717) is 6.42 Å². The summed E-state index contributed by atoms with van der Waals surface area (Å²) in [6.07, 6.45) is 2.09. The first kappa shape index (κ1) is 16.8. The third kappa shape index (κ3) is 4.48. The van der Waals surface area contributed by atoms with Crippen LogP contribution in [0, 0.1) is 17.6 Å². The van der Waals surface area contributed by atoms with Crippen molar-refractivity contribution in [2.45, 2.75) is 32.2 Å². The van der Waals surface area contributed by atoms with Crippen molar-refractivity contribution in [2.75, 3.05) is 25.0 Å². The highest BCUT2D eigenvalue weighted by atomic mass is 19.1. The van der Waals surface area contributed by atoms with Crippen molar-refractivity contribution >= 4 is 11.6 Å². The number of likely N-dealkylation sites (tertiary alicyclic amines) is 1. The highest BCUT2D eigenvalue weighted by Crippen LogP contribution is 2.23. The van der Waals surface area contributed by atoms with Gasteiger partial charge in [-0.05, 0) is 50.9 Å². The van der Waals surface area contributed by atoms with Crippen LogP contribution in [0.25, 0.3) is 0 Å². The number of halogens is 2. The average molecular weight is 312 g/mol. The van der Waals surface area contributed by atoms with E-state index in [1.807, 2.05) is 6.92 Å². The number of hydrogen-bond donors (Lipinski definition) is 2. The van der Waals surface area contributed by atoms with Crippen molar-refractivity contribution in [3.05, 3.63) is 29.8 Å². The molecule has 1 atom stereocenters. The summed E-state index contributed by atoms with van der Waals surface area (Å²) in [5, 5.41) is 11.6. The number of carbonyl (C=O) groups excluding carboxylic acids is 1. The minimum Gasteiger partial charge on any atom is -0.395 e. The van der Waals surface area contributed by atoms with Crippen LogP contribution in [0.5, 0.6) is 0 Å². The van der Waals surface area contributed by atoms with Crippen LogP contribution in [0.1, 0.15) is 26.2 Å². The number of rotatable bonds is 5. The lowest BCUT2D eigenvalue weighted by atomic mass is 9.92. The number of aliphatic hydroxyl groups is 1. The monoisotopic (exact) mass is 312 g/mol. The molecular formula is C16H22F2N2O2. The Bertz CT molecular complexity index is 517. The number of benzene rings is 1. The summed E-state index contributed by atoms with van der Waals surface area (Å²) in [7, 11) is 0. The lowest BCUT2D eigenvalue weighted by Crippen LogP contribution is -2.42. The van der Waals surface area contributed by atoms with E-state index in [4.69, 9.17) is 5.11 Å². The van der Waals surface area contributed by atoms with E-state index in [-0.39, 0.29) is 30.2 Å². The van der Waals surface area contributed by atoms with Gasteiger partial charge in [0, 0.05) is 18.5 Å². The van der Waals surface area contributed by atoms with Crippen LogP contribution >= 0.6 is 0 Å². The maximum atomic E-state index is 13.5. The second-order valence-electron chi connectivity index (χ2n) is 5.89. The van der Waals surface area contributed by atoms with Crippen molar-refractivity contribution in [3.63, 3.8) is 0 Å². The van der Waals surface area contributed by atoms with E-state index in [1.54, 1.807) is 0 Å². The molecule has 0 saturated carbocycles. The van der Waals surface area contributed by atoms with Gasteiger partial charge < -0.3 is 10.4 Å². The summed E-state index contributed by atoms with van der Waals surface area (Å²) < 4.78 is 26.3. The number of nitrogens with one attached hydrogen (secondary N) is 1. The van der Waals surface area contributed by atoms with Crippen molar-refractivity contribution < 1.29 is 18.7 Å². The van der Waals surface area contributed by atoms with E-state index in [9.17, 15) is 13.6 Å². The summed E-state index contributed by atoms with van der Waals surface area (Å²) in [6.45, 7) is 3.81. The van der Waals surface area contributed by atoms with E-state index in [0.717, 1.165) is 38.1 Å². The van der Waals surface area contributed by atoms with Gasteiger partial charge in [-0.3, -0.25) is 9.69 Å². The number of carbonyl (C=O) groups is 1. The number of anilines is 1.